The maximum absolute atomic E-state index is 9.24. The number of aromatic nitrogens is 3. The van der Waals surface area contributed by atoms with Crippen LogP contribution in [0.5, 0.6) is 5.88 Å². The minimum Gasteiger partial charge on any atom is -0.493 e. The molecular weight excluding hydrogens is 156 g/mol. The molecule has 0 aromatic carbocycles. The molecule has 0 bridgehead atoms. The van der Waals surface area contributed by atoms with Gasteiger partial charge in [-0.2, -0.15) is 0 Å². The fourth-order valence-electron chi connectivity index (χ4n) is 1.08. The van der Waals surface area contributed by atoms with Gasteiger partial charge in [-0.25, -0.2) is 9.97 Å². The van der Waals surface area contributed by atoms with Gasteiger partial charge >= 0.3 is 0 Å². The Bertz CT molecular complexity index is 434. The zero-order chi connectivity index (χ0) is 8.72. The monoisotopic (exact) mass is 164 g/mol. The highest BCUT2D eigenvalue weighted by molar-refractivity contribution is 5.89. The number of aromatic amines is 1. The molecule has 0 atom stereocenters. The Kier molecular flexibility index (Phi) is 1.21. The van der Waals surface area contributed by atoms with Gasteiger partial charge < -0.3 is 15.8 Å². The maximum atomic E-state index is 9.24. The number of aryl methyl sites for hydroxylation is 1. The summed E-state index contributed by atoms with van der Waals surface area (Å²) < 4.78 is 0. The van der Waals surface area contributed by atoms with Gasteiger partial charge in [0.05, 0.1) is 5.69 Å². The number of H-pyrrole nitrogens is 1. The Morgan fingerprint density at radius 2 is 2.25 bits per heavy atom. The number of nitrogens with one attached hydrogen (secondary N) is 1. The molecule has 62 valence electrons. The van der Waals surface area contributed by atoms with Crippen LogP contribution in [0.15, 0.2) is 6.20 Å². The molecule has 2 rings (SSSR count). The number of rotatable bonds is 0. The van der Waals surface area contributed by atoms with E-state index in [0.29, 0.717) is 16.9 Å². The molecular formula is C7H8N4O. The fraction of sp³-hybridized carbons (Fsp3) is 0.143. The van der Waals surface area contributed by atoms with E-state index in [1.165, 1.54) is 0 Å². The second kappa shape index (κ2) is 2.10. The summed E-state index contributed by atoms with van der Waals surface area (Å²) in [6.07, 6.45) is 1.58. The summed E-state index contributed by atoms with van der Waals surface area (Å²) in [5.41, 5.74) is 7.24. The van der Waals surface area contributed by atoms with Gasteiger partial charge in [-0.1, -0.05) is 0 Å². The molecule has 0 amide bonds. The number of hydrogen-bond donors (Lipinski definition) is 3. The van der Waals surface area contributed by atoms with Gasteiger partial charge in [0.15, 0.2) is 5.52 Å². The molecule has 0 saturated carbocycles. The molecule has 0 unspecified atom stereocenters. The van der Waals surface area contributed by atoms with E-state index in [1.807, 2.05) is 6.92 Å². The maximum Gasteiger partial charge on any atom is 0.218 e. The highest BCUT2D eigenvalue weighted by Crippen LogP contribution is 2.24. The highest BCUT2D eigenvalue weighted by atomic mass is 16.3. The van der Waals surface area contributed by atoms with E-state index >= 15 is 0 Å². The van der Waals surface area contributed by atoms with E-state index in [9.17, 15) is 5.11 Å². The normalized spacial score (nSPS) is 10.8. The zero-order valence-corrected chi connectivity index (χ0v) is 6.50. The van der Waals surface area contributed by atoms with E-state index in [2.05, 4.69) is 15.0 Å². The molecule has 2 heterocycles. The van der Waals surface area contributed by atoms with E-state index in [1.54, 1.807) is 6.20 Å². The molecule has 5 heteroatoms. The summed E-state index contributed by atoms with van der Waals surface area (Å²) in [6, 6.07) is 0. The van der Waals surface area contributed by atoms with Crippen LogP contribution in [0.4, 0.5) is 5.82 Å². The van der Waals surface area contributed by atoms with E-state index in [-0.39, 0.29) is 5.88 Å². The molecule has 0 aliphatic heterocycles. The predicted molar refractivity (Wildman–Crippen MR) is 44.7 cm³/mol. The molecule has 0 aliphatic rings. The fourth-order valence-corrected chi connectivity index (χ4v) is 1.08. The van der Waals surface area contributed by atoms with Crippen LogP contribution in [0.1, 0.15) is 5.69 Å². The lowest BCUT2D eigenvalue weighted by Crippen LogP contribution is -1.88. The number of nitrogens with zero attached hydrogens (tertiary/aromatic N) is 2. The topological polar surface area (TPSA) is 87.8 Å². The van der Waals surface area contributed by atoms with Crippen molar-refractivity contribution in [2.75, 3.05) is 5.73 Å². The van der Waals surface area contributed by atoms with Gasteiger partial charge in [0.2, 0.25) is 5.88 Å². The van der Waals surface area contributed by atoms with Crippen molar-refractivity contribution >= 4 is 16.9 Å². The zero-order valence-electron chi connectivity index (χ0n) is 6.50. The van der Waals surface area contributed by atoms with Crippen molar-refractivity contribution in [2.45, 2.75) is 6.92 Å². The molecule has 2 aromatic heterocycles. The molecule has 5 nitrogen and oxygen atoms in total. The Balaban J connectivity index is 2.90. The number of nitrogen functional groups attached to an aromatic ring is 1. The predicted octanol–water partition coefficient (Wildman–Crippen LogP) is 0.554. The average Bonchev–Trinajstić information content (AvgIpc) is 2.28. The number of aromatic hydroxyl groups is 1. The lowest BCUT2D eigenvalue weighted by atomic mass is 10.4. The lowest BCUT2D eigenvalue weighted by molar-refractivity contribution is 0.462. The quantitative estimate of drug-likeness (QED) is 0.530. The molecule has 12 heavy (non-hydrogen) atoms. The Morgan fingerprint density at radius 3 is 3.00 bits per heavy atom. The molecule has 4 N–H and O–H groups in total. The molecule has 0 aliphatic carbocycles. The van der Waals surface area contributed by atoms with Gasteiger partial charge in [0, 0.05) is 6.20 Å². The third kappa shape index (κ3) is 0.795. The van der Waals surface area contributed by atoms with Crippen LogP contribution in [0.2, 0.25) is 0 Å². The summed E-state index contributed by atoms with van der Waals surface area (Å²) in [5.74, 6) is 0.314. The molecule has 0 saturated heterocycles. The van der Waals surface area contributed by atoms with E-state index in [0.717, 1.165) is 5.69 Å². The Hall–Kier alpha value is -1.78. The average molecular weight is 164 g/mol. The summed E-state index contributed by atoms with van der Waals surface area (Å²) in [5, 5.41) is 9.24. The smallest absolute Gasteiger partial charge is 0.218 e. The highest BCUT2D eigenvalue weighted by Gasteiger charge is 2.08. The van der Waals surface area contributed by atoms with Gasteiger partial charge in [0.1, 0.15) is 11.3 Å². The minimum absolute atomic E-state index is 0.0324. The molecule has 0 radical (unpaired) electrons. The van der Waals surface area contributed by atoms with Crippen LogP contribution in [-0.4, -0.2) is 20.1 Å². The Morgan fingerprint density at radius 1 is 1.50 bits per heavy atom. The van der Waals surface area contributed by atoms with Gasteiger partial charge in [-0.05, 0) is 6.92 Å². The first-order valence-corrected chi connectivity index (χ1v) is 3.48. The minimum atomic E-state index is -0.0324. The van der Waals surface area contributed by atoms with Crippen LogP contribution in [0.3, 0.4) is 0 Å². The van der Waals surface area contributed by atoms with Crippen molar-refractivity contribution in [3.05, 3.63) is 11.9 Å². The van der Waals surface area contributed by atoms with Crippen molar-refractivity contribution in [1.82, 2.24) is 15.0 Å². The number of nitrogens with two attached hydrogens (primary N) is 1. The first-order valence-electron chi connectivity index (χ1n) is 3.48. The molecule has 0 spiro atoms. The van der Waals surface area contributed by atoms with Crippen LogP contribution in [0, 0.1) is 6.92 Å². The summed E-state index contributed by atoms with van der Waals surface area (Å²) >= 11 is 0. The summed E-state index contributed by atoms with van der Waals surface area (Å²) in [6.45, 7) is 1.82. The molecule has 0 fully saturated rings. The van der Waals surface area contributed by atoms with Gasteiger partial charge in [0.25, 0.3) is 0 Å². The second-order valence-corrected chi connectivity index (χ2v) is 2.60. The summed E-state index contributed by atoms with van der Waals surface area (Å²) in [4.78, 5) is 10.6. The number of anilines is 1. The van der Waals surface area contributed by atoms with Crippen molar-refractivity contribution in [2.24, 2.45) is 0 Å². The first-order chi connectivity index (χ1) is 5.68. The van der Waals surface area contributed by atoms with Crippen molar-refractivity contribution < 1.29 is 5.11 Å². The number of fused-ring (bicyclic) bond motifs is 1. The van der Waals surface area contributed by atoms with Gasteiger partial charge in [-0.15, -0.1) is 0 Å². The lowest BCUT2D eigenvalue weighted by Gasteiger charge is -1.91. The third-order valence-corrected chi connectivity index (χ3v) is 1.63. The van der Waals surface area contributed by atoms with Crippen molar-refractivity contribution in [3.8, 4) is 5.88 Å². The van der Waals surface area contributed by atoms with E-state index in [4.69, 9.17) is 5.73 Å². The van der Waals surface area contributed by atoms with Crippen LogP contribution >= 0.6 is 0 Å². The Labute approximate surface area is 68.3 Å². The SMILES string of the molecule is Cc1cnc2c(O)[nH]c(N)c2n1. The third-order valence-electron chi connectivity index (χ3n) is 1.63. The standard InChI is InChI=1S/C7H8N4O/c1-3-2-9-5-4(10-3)6(8)11-7(5)12/h2,11-12H,8H2,1H3. The van der Waals surface area contributed by atoms with Crippen molar-refractivity contribution in [3.63, 3.8) is 0 Å². The van der Waals surface area contributed by atoms with Crippen LogP contribution in [0.25, 0.3) is 11.0 Å². The molecule has 2 aromatic rings. The van der Waals surface area contributed by atoms with Crippen LogP contribution < -0.4 is 5.73 Å². The van der Waals surface area contributed by atoms with Crippen molar-refractivity contribution in [1.29, 1.82) is 0 Å². The van der Waals surface area contributed by atoms with E-state index < -0.39 is 0 Å². The number of hydrogen-bond acceptors (Lipinski definition) is 4. The van der Waals surface area contributed by atoms with Gasteiger partial charge in [-0.3, -0.25) is 0 Å². The van der Waals surface area contributed by atoms with Crippen LogP contribution in [-0.2, 0) is 0 Å². The summed E-state index contributed by atoms with van der Waals surface area (Å²) in [7, 11) is 0. The first kappa shape index (κ1) is 6.90. The largest absolute Gasteiger partial charge is 0.493 e. The second-order valence-electron chi connectivity index (χ2n) is 2.60.